The van der Waals surface area contributed by atoms with E-state index in [2.05, 4.69) is 0 Å². The SMILES string of the molecule is C/C=C(C)\C=C(/N)F. The van der Waals surface area contributed by atoms with Crippen molar-refractivity contribution in [3.63, 3.8) is 0 Å². The van der Waals surface area contributed by atoms with Crippen LogP contribution in [-0.4, -0.2) is 0 Å². The minimum atomic E-state index is -0.638. The Morgan fingerprint density at radius 2 is 2.12 bits per heavy atom. The maximum absolute atomic E-state index is 11.7. The molecule has 0 fully saturated rings. The smallest absolute Gasteiger partial charge is 0.184 e. The first kappa shape index (κ1) is 7.21. The van der Waals surface area contributed by atoms with Crippen molar-refractivity contribution in [2.45, 2.75) is 13.8 Å². The van der Waals surface area contributed by atoms with E-state index in [1.54, 1.807) is 13.0 Å². The van der Waals surface area contributed by atoms with Crippen LogP contribution in [0, 0.1) is 0 Å². The fraction of sp³-hybridized carbons (Fsp3) is 0.333. The van der Waals surface area contributed by atoms with Gasteiger partial charge in [-0.2, -0.15) is 4.39 Å². The molecule has 0 aromatic rings. The summed E-state index contributed by atoms with van der Waals surface area (Å²) in [5.41, 5.74) is 5.56. The van der Waals surface area contributed by atoms with Gasteiger partial charge >= 0.3 is 0 Å². The molecule has 0 saturated carbocycles. The maximum Gasteiger partial charge on any atom is 0.184 e. The summed E-state index contributed by atoms with van der Waals surface area (Å²) in [6.07, 6.45) is 3.06. The lowest BCUT2D eigenvalue weighted by molar-refractivity contribution is 0.626. The fourth-order valence-electron chi connectivity index (χ4n) is 0.301. The van der Waals surface area contributed by atoms with E-state index in [-0.39, 0.29) is 0 Å². The van der Waals surface area contributed by atoms with Gasteiger partial charge < -0.3 is 5.73 Å². The lowest BCUT2D eigenvalue weighted by atomic mass is 10.3. The first-order valence-corrected chi connectivity index (χ1v) is 2.42. The van der Waals surface area contributed by atoms with Crippen molar-refractivity contribution in [1.82, 2.24) is 0 Å². The van der Waals surface area contributed by atoms with Gasteiger partial charge in [-0.3, -0.25) is 0 Å². The molecule has 0 amide bonds. The molecule has 8 heavy (non-hydrogen) atoms. The molecule has 0 unspecified atom stereocenters. The van der Waals surface area contributed by atoms with Crippen molar-refractivity contribution < 1.29 is 4.39 Å². The molecule has 0 spiro atoms. The summed E-state index contributed by atoms with van der Waals surface area (Å²) in [6.45, 7) is 3.61. The highest BCUT2D eigenvalue weighted by Gasteiger charge is 1.81. The Balaban J connectivity index is 3.89. The number of allylic oxidation sites excluding steroid dienone is 3. The Hall–Kier alpha value is -0.790. The van der Waals surface area contributed by atoms with Crippen molar-refractivity contribution in [3.8, 4) is 0 Å². The molecule has 0 aliphatic carbocycles. The zero-order chi connectivity index (χ0) is 6.57. The Labute approximate surface area is 48.7 Å². The topological polar surface area (TPSA) is 26.0 Å². The number of nitrogens with two attached hydrogens (primary N) is 1. The molecule has 2 N–H and O–H groups in total. The summed E-state index contributed by atoms with van der Waals surface area (Å²) in [6, 6.07) is 0. The molecule has 0 atom stereocenters. The van der Waals surface area contributed by atoms with E-state index >= 15 is 0 Å². The van der Waals surface area contributed by atoms with Crippen LogP contribution < -0.4 is 5.73 Å². The molecular weight excluding hydrogens is 105 g/mol. The third-order valence-corrected chi connectivity index (χ3v) is 0.821. The van der Waals surface area contributed by atoms with Crippen LogP contribution >= 0.6 is 0 Å². The monoisotopic (exact) mass is 115 g/mol. The number of rotatable bonds is 1. The van der Waals surface area contributed by atoms with E-state index in [1.807, 2.05) is 6.92 Å². The minimum Gasteiger partial charge on any atom is -0.376 e. The van der Waals surface area contributed by atoms with E-state index in [4.69, 9.17) is 5.73 Å². The predicted octanol–water partition coefficient (Wildman–Crippen LogP) is 1.72. The van der Waals surface area contributed by atoms with Gasteiger partial charge in [0, 0.05) is 0 Å². The van der Waals surface area contributed by atoms with Crippen molar-refractivity contribution in [2.24, 2.45) is 5.73 Å². The molecular formula is C6H10FN. The molecule has 0 radical (unpaired) electrons. The highest BCUT2D eigenvalue weighted by Crippen LogP contribution is 1.96. The Morgan fingerprint density at radius 1 is 1.62 bits per heavy atom. The van der Waals surface area contributed by atoms with Crippen LogP contribution in [0.4, 0.5) is 4.39 Å². The molecule has 0 aliphatic heterocycles. The van der Waals surface area contributed by atoms with E-state index in [0.29, 0.717) is 0 Å². The van der Waals surface area contributed by atoms with Gasteiger partial charge in [-0.25, -0.2) is 0 Å². The van der Waals surface area contributed by atoms with Gasteiger partial charge in [-0.1, -0.05) is 11.6 Å². The highest BCUT2D eigenvalue weighted by molar-refractivity contribution is 5.15. The third-order valence-electron chi connectivity index (χ3n) is 0.821. The van der Waals surface area contributed by atoms with Crippen LogP contribution in [-0.2, 0) is 0 Å². The van der Waals surface area contributed by atoms with Crippen molar-refractivity contribution in [1.29, 1.82) is 0 Å². The lowest BCUT2D eigenvalue weighted by Crippen LogP contribution is -1.87. The first-order valence-electron chi connectivity index (χ1n) is 2.42. The Morgan fingerprint density at radius 3 is 2.25 bits per heavy atom. The molecule has 0 rings (SSSR count). The first-order chi connectivity index (χ1) is 3.66. The number of halogens is 1. The van der Waals surface area contributed by atoms with Crippen LogP contribution in [0.15, 0.2) is 23.7 Å². The Kier molecular flexibility index (Phi) is 2.92. The summed E-state index contributed by atoms with van der Waals surface area (Å²) < 4.78 is 11.7. The molecule has 0 heterocycles. The molecule has 0 aromatic carbocycles. The Bertz CT molecular complexity index is 120. The fourth-order valence-corrected chi connectivity index (χ4v) is 0.301. The largest absolute Gasteiger partial charge is 0.376 e. The molecule has 46 valence electrons. The molecule has 0 aliphatic rings. The zero-order valence-electron chi connectivity index (χ0n) is 5.11. The molecule has 2 heteroatoms. The molecule has 1 nitrogen and oxygen atoms in total. The van der Waals surface area contributed by atoms with Gasteiger partial charge in [-0.15, -0.1) is 0 Å². The van der Waals surface area contributed by atoms with Gasteiger partial charge in [0.2, 0.25) is 0 Å². The van der Waals surface area contributed by atoms with E-state index in [9.17, 15) is 4.39 Å². The summed E-state index contributed by atoms with van der Waals surface area (Å²) >= 11 is 0. The maximum atomic E-state index is 11.7. The number of hydrogen-bond acceptors (Lipinski definition) is 1. The van der Waals surface area contributed by atoms with Crippen LogP contribution in [0.5, 0.6) is 0 Å². The molecule has 0 saturated heterocycles. The van der Waals surface area contributed by atoms with Crippen molar-refractivity contribution >= 4 is 0 Å². The van der Waals surface area contributed by atoms with Gasteiger partial charge in [0.25, 0.3) is 0 Å². The van der Waals surface area contributed by atoms with Crippen molar-refractivity contribution in [3.05, 3.63) is 23.7 Å². The average molecular weight is 115 g/mol. The van der Waals surface area contributed by atoms with Gasteiger partial charge in [0.1, 0.15) is 0 Å². The van der Waals surface area contributed by atoms with E-state index in [0.717, 1.165) is 5.57 Å². The van der Waals surface area contributed by atoms with Crippen LogP contribution in [0.3, 0.4) is 0 Å². The van der Waals surface area contributed by atoms with E-state index in [1.165, 1.54) is 6.08 Å². The predicted molar refractivity (Wildman–Crippen MR) is 32.8 cm³/mol. The normalized spacial score (nSPS) is 14.4. The summed E-state index contributed by atoms with van der Waals surface area (Å²) in [4.78, 5) is 0. The standard InChI is InChI=1S/C6H10FN/c1-3-5(2)4-6(7)8/h3-4H,8H2,1-2H3/b5-3-,6-4-. The number of hydrogen-bond donors (Lipinski definition) is 1. The third kappa shape index (κ3) is 3.40. The summed E-state index contributed by atoms with van der Waals surface area (Å²) in [7, 11) is 0. The molecule has 0 aromatic heterocycles. The van der Waals surface area contributed by atoms with Crippen molar-refractivity contribution in [2.75, 3.05) is 0 Å². The lowest BCUT2D eigenvalue weighted by Gasteiger charge is -1.85. The summed E-state index contributed by atoms with van der Waals surface area (Å²) in [5.74, 6) is -0.638. The average Bonchev–Trinajstić information content (AvgIpc) is 1.65. The summed E-state index contributed by atoms with van der Waals surface area (Å²) in [5, 5.41) is 0. The second-order valence-corrected chi connectivity index (χ2v) is 1.56. The second-order valence-electron chi connectivity index (χ2n) is 1.56. The van der Waals surface area contributed by atoms with Crippen LogP contribution in [0.2, 0.25) is 0 Å². The van der Waals surface area contributed by atoms with Crippen LogP contribution in [0.25, 0.3) is 0 Å². The van der Waals surface area contributed by atoms with Gasteiger partial charge in [-0.05, 0) is 19.9 Å². The highest BCUT2D eigenvalue weighted by atomic mass is 19.1. The van der Waals surface area contributed by atoms with Crippen LogP contribution in [0.1, 0.15) is 13.8 Å². The second kappa shape index (κ2) is 3.24. The molecule has 0 bridgehead atoms. The quantitative estimate of drug-likeness (QED) is 0.408. The van der Waals surface area contributed by atoms with E-state index < -0.39 is 5.95 Å². The zero-order valence-corrected chi connectivity index (χ0v) is 5.11. The van der Waals surface area contributed by atoms with Gasteiger partial charge in [0.05, 0.1) is 0 Å². The minimum absolute atomic E-state index is 0.638. The van der Waals surface area contributed by atoms with Gasteiger partial charge in [0.15, 0.2) is 5.95 Å².